The first-order chi connectivity index (χ1) is 14.7. The average Bonchev–Trinajstić information content (AvgIpc) is 2.73. The summed E-state index contributed by atoms with van der Waals surface area (Å²) in [5.74, 6) is -0.930. The molecule has 1 amide bonds. The number of carbonyl (C=O) groups is 1. The molecule has 7 nitrogen and oxygen atoms in total. The Bertz CT molecular complexity index is 1280. The van der Waals surface area contributed by atoms with Crippen LogP contribution in [0.2, 0.25) is 10.0 Å². The van der Waals surface area contributed by atoms with Gasteiger partial charge in [0.15, 0.2) is 0 Å². The van der Waals surface area contributed by atoms with Gasteiger partial charge in [-0.15, -0.1) is 4.83 Å². The third-order valence-corrected chi connectivity index (χ3v) is 6.66. The second-order valence-electron chi connectivity index (χ2n) is 7.00. The quantitative estimate of drug-likeness (QED) is 0.514. The Labute approximate surface area is 189 Å². The molecule has 0 saturated carbocycles. The number of nitrogens with one attached hydrogen (secondary N) is 2. The Hall–Kier alpha value is -2.78. The van der Waals surface area contributed by atoms with Crippen LogP contribution in [-0.4, -0.2) is 24.4 Å². The van der Waals surface area contributed by atoms with Crippen molar-refractivity contribution in [1.82, 2.24) is 9.84 Å². The highest BCUT2D eigenvalue weighted by Crippen LogP contribution is 2.40. The molecule has 0 saturated heterocycles. The summed E-state index contributed by atoms with van der Waals surface area (Å²) in [6, 6.07) is 15.6. The van der Waals surface area contributed by atoms with E-state index in [4.69, 9.17) is 23.2 Å². The zero-order valence-electron chi connectivity index (χ0n) is 16.1. The predicted octanol–water partition coefficient (Wildman–Crippen LogP) is 4.47. The minimum Gasteiger partial charge on any atom is -0.506 e. The van der Waals surface area contributed by atoms with Gasteiger partial charge >= 0.3 is 0 Å². The van der Waals surface area contributed by atoms with Crippen LogP contribution in [0.25, 0.3) is 0 Å². The van der Waals surface area contributed by atoms with Crippen molar-refractivity contribution < 1.29 is 18.3 Å². The Balaban J connectivity index is 1.82. The van der Waals surface area contributed by atoms with E-state index < -0.39 is 22.1 Å². The molecule has 31 heavy (non-hydrogen) atoms. The van der Waals surface area contributed by atoms with Crippen molar-refractivity contribution in [3.05, 3.63) is 87.4 Å². The molecule has 1 atom stereocenters. The Morgan fingerprint density at radius 3 is 2.45 bits per heavy atom. The Morgan fingerprint density at radius 1 is 1.06 bits per heavy atom. The highest BCUT2D eigenvalue weighted by molar-refractivity contribution is 7.89. The summed E-state index contributed by atoms with van der Waals surface area (Å²) < 4.78 is 26.0. The first-order valence-electron chi connectivity index (χ1n) is 9.13. The summed E-state index contributed by atoms with van der Waals surface area (Å²) in [5, 5.41) is 14.7. The van der Waals surface area contributed by atoms with E-state index in [9.17, 15) is 18.3 Å². The maximum atomic E-state index is 13.3. The molecule has 1 aliphatic rings. The van der Waals surface area contributed by atoms with Crippen LogP contribution in [0.1, 0.15) is 27.7 Å². The lowest BCUT2D eigenvalue weighted by Crippen LogP contribution is -2.52. The van der Waals surface area contributed by atoms with E-state index in [-0.39, 0.29) is 31.8 Å². The van der Waals surface area contributed by atoms with Crippen molar-refractivity contribution in [3.8, 4) is 5.75 Å². The van der Waals surface area contributed by atoms with Crippen molar-refractivity contribution in [3.63, 3.8) is 0 Å². The van der Waals surface area contributed by atoms with Gasteiger partial charge in [0.1, 0.15) is 11.9 Å². The van der Waals surface area contributed by atoms with E-state index in [0.29, 0.717) is 5.69 Å². The number of para-hydroxylation sites is 1. The summed E-state index contributed by atoms with van der Waals surface area (Å²) in [6.07, 6.45) is -1.11. The largest absolute Gasteiger partial charge is 0.506 e. The van der Waals surface area contributed by atoms with Crippen LogP contribution in [0.15, 0.2) is 65.6 Å². The first kappa shape index (κ1) is 21.5. The molecular formula is C21H17Cl2N3O4S. The lowest BCUT2D eigenvalue weighted by molar-refractivity contribution is 0.0630. The van der Waals surface area contributed by atoms with Gasteiger partial charge in [0.05, 0.1) is 15.5 Å². The van der Waals surface area contributed by atoms with Gasteiger partial charge in [-0.1, -0.05) is 53.0 Å². The number of phenolic OH excluding ortho intramolecular Hbond substituents is 1. The minimum atomic E-state index is -4.12. The standard InChI is InChI=1S/C21H17Cl2N3O4S/c1-12-6-8-14(9-7-12)31(29,30)25-26-20(16-10-13(22)11-17(23)19(16)27)24-18-5-3-2-4-15(18)21(26)28/h2-11,20,24-25,27H,1H3/t20-/m1/s1. The highest BCUT2D eigenvalue weighted by Gasteiger charge is 2.37. The van der Waals surface area contributed by atoms with Gasteiger partial charge in [-0.05, 0) is 43.3 Å². The van der Waals surface area contributed by atoms with Crippen LogP contribution in [0.3, 0.4) is 0 Å². The molecule has 10 heteroatoms. The van der Waals surface area contributed by atoms with E-state index in [0.717, 1.165) is 10.6 Å². The van der Waals surface area contributed by atoms with Crippen molar-refractivity contribution in [2.24, 2.45) is 0 Å². The fourth-order valence-electron chi connectivity index (χ4n) is 3.26. The number of hydrazine groups is 1. The van der Waals surface area contributed by atoms with Crippen molar-refractivity contribution in [2.75, 3.05) is 5.32 Å². The van der Waals surface area contributed by atoms with Crippen LogP contribution in [0.4, 0.5) is 5.69 Å². The lowest BCUT2D eigenvalue weighted by Gasteiger charge is -2.37. The van der Waals surface area contributed by atoms with E-state index in [1.165, 1.54) is 24.3 Å². The summed E-state index contributed by atoms with van der Waals surface area (Å²) in [5.41, 5.74) is 1.75. The SMILES string of the molecule is Cc1ccc(S(=O)(=O)NN2C(=O)c3ccccc3N[C@H]2c2cc(Cl)cc(Cl)c2O)cc1. The van der Waals surface area contributed by atoms with Gasteiger partial charge < -0.3 is 10.4 Å². The zero-order valence-corrected chi connectivity index (χ0v) is 18.5. The van der Waals surface area contributed by atoms with Crippen molar-refractivity contribution in [2.45, 2.75) is 18.0 Å². The topological polar surface area (TPSA) is 98.7 Å². The van der Waals surface area contributed by atoms with Gasteiger partial charge in [0.2, 0.25) is 0 Å². The number of sulfonamides is 1. The van der Waals surface area contributed by atoms with E-state index in [2.05, 4.69) is 10.1 Å². The maximum absolute atomic E-state index is 13.3. The number of rotatable bonds is 4. The number of phenols is 1. The molecule has 0 aromatic heterocycles. The van der Waals surface area contributed by atoms with Crippen LogP contribution in [0, 0.1) is 6.92 Å². The fraction of sp³-hybridized carbons (Fsp3) is 0.0952. The molecule has 3 aromatic rings. The molecule has 0 aliphatic carbocycles. The van der Waals surface area contributed by atoms with Crippen LogP contribution >= 0.6 is 23.2 Å². The second kappa shape index (κ2) is 8.05. The molecule has 0 fully saturated rings. The van der Waals surface area contributed by atoms with Crippen LogP contribution < -0.4 is 10.1 Å². The van der Waals surface area contributed by atoms with Gasteiger partial charge in [-0.3, -0.25) is 4.79 Å². The van der Waals surface area contributed by atoms with E-state index in [1.54, 1.807) is 36.4 Å². The number of anilines is 1. The normalized spacial score (nSPS) is 16.0. The van der Waals surface area contributed by atoms with Crippen molar-refractivity contribution in [1.29, 1.82) is 0 Å². The number of aromatic hydroxyl groups is 1. The third kappa shape index (κ3) is 4.07. The molecular weight excluding hydrogens is 461 g/mol. The monoisotopic (exact) mass is 477 g/mol. The Kier molecular flexibility index (Phi) is 5.57. The molecule has 1 aliphatic heterocycles. The minimum absolute atomic E-state index is 0.0168. The number of benzene rings is 3. The number of carbonyl (C=O) groups excluding carboxylic acids is 1. The number of aryl methyl sites for hydroxylation is 1. The number of hydrogen-bond acceptors (Lipinski definition) is 5. The van der Waals surface area contributed by atoms with Crippen molar-refractivity contribution >= 4 is 44.8 Å². The predicted molar refractivity (Wildman–Crippen MR) is 119 cm³/mol. The third-order valence-electron chi connectivity index (χ3n) is 4.83. The van der Waals surface area contributed by atoms with Gasteiger partial charge in [-0.2, -0.15) is 0 Å². The summed E-state index contributed by atoms with van der Waals surface area (Å²) in [6.45, 7) is 1.83. The number of hydrogen-bond donors (Lipinski definition) is 3. The molecule has 0 radical (unpaired) electrons. The number of halogens is 2. The zero-order chi connectivity index (χ0) is 22.3. The molecule has 3 N–H and O–H groups in total. The Morgan fingerprint density at radius 2 is 1.74 bits per heavy atom. The summed E-state index contributed by atoms with van der Waals surface area (Å²) >= 11 is 12.2. The van der Waals surface area contributed by atoms with E-state index in [1.807, 2.05) is 6.92 Å². The molecule has 1 heterocycles. The molecule has 0 bridgehead atoms. The van der Waals surface area contributed by atoms with Gasteiger partial charge in [0, 0.05) is 16.3 Å². The molecule has 0 unspecified atom stereocenters. The van der Waals surface area contributed by atoms with Gasteiger partial charge in [-0.25, -0.2) is 13.4 Å². The molecule has 160 valence electrons. The molecule has 3 aromatic carbocycles. The van der Waals surface area contributed by atoms with Crippen LogP contribution in [0.5, 0.6) is 5.75 Å². The smallest absolute Gasteiger partial charge is 0.273 e. The average molecular weight is 478 g/mol. The van der Waals surface area contributed by atoms with Gasteiger partial charge in [0.25, 0.3) is 15.9 Å². The lowest BCUT2D eigenvalue weighted by atomic mass is 10.0. The summed E-state index contributed by atoms with van der Waals surface area (Å²) in [4.78, 5) is 15.6. The van der Waals surface area contributed by atoms with E-state index >= 15 is 0 Å². The molecule has 0 spiro atoms. The number of fused-ring (bicyclic) bond motifs is 1. The number of amides is 1. The second-order valence-corrected chi connectivity index (χ2v) is 9.51. The summed E-state index contributed by atoms with van der Waals surface area (Å²) in [7, 11) is -4.12. The first-order valence-corrected chi connectivity index (χ1v) is 11.4. The fourth-order valence-corrected chi connectivity index (χ4v) is 4.82. The highest BCUT2D eigenvalue weighted by atomic mass is 35.5. The maximum Gasteiger partial charge on any atom is 0.273 e. The molecule has 4 rings (SSSR count). The number of nitrogens with zero attached hydrogens (tertiary/aromatic N) is 1. The van der Waals surface area contributed by atoms with Crippen LogP contribution in [-0.2, 0) is 10.0 Å².